The number of ether oxygens (including phenoxy) is 1. The summed E-state index contributed by atoms with van der Waals surface area (Å²) in [4.78, 5) is 34.3. The maximum atomic E-state index is 11.5. The molecule has 1 heterocycles. The number of non-ortho nitro benzene ring substituents is 1. The van der Waals surface area contributed by atoms with Gasteiger partial charge in [0.15, 0.2) is 0 Å². The highest BCUT2D eigenvalue weighted by molar-refractivity contribution is 5.88. The van der Waals surface area contributed by atoms with Crippen LogP contribution in [0.15, 0.2) is 24.3 Å². The number of aromatic nitrogens is 3. The van der Waals surface area contributed by atoms with Crippen LogP contribution in [0.2, 0.25) is 0 Å². The van der Waals surface area contributed by atoms with Gasteiger partial charge in [0.1, 0.15) is 5.82 Å². The van der Waals surface area contributed by atoms with Gasteiger partial charge in [-0.25, -0.2) is 0 Å². The second-order valence-electron chi connectivity index (χ2n) is 6.12. The van der Waals surface area contributed by atoms with E-state index >= 15 is 0 Å². The van der Waals surface area contributed by atoms with Crippen molar-refractivity contribution in [3.05, 3.63) is 45.8 Å². The van der Waals surface area contributed by atoms with Crippen LogP contribution in [0.3, 0.4) is 0 Å². The SMILES string of the molecule is CCC(=O)Nc1nc(C)nc(NC(CC)COCc2ccc([N+](=O)[O-])cc2)n1. The topological polar surface area (TPSA) is 132 Å². The summed E-state index contributed by atoms with van der Waals surface area (Å²) in [6, 6.07) is 6.20. The maximum Gasteiger partial charge on any atom is 0.269 e. The van der Waals surface area contributed by atoms with Gasteiger partial charge < -0.3 is 10.1 Å². The lowest BCUT2D eigenvalue weighted by Gasteiger charge is -2.17. The molecule has 0 aliphatic rings. The van der Waals surface area contributed by atoms with E-state index < -0.39 is 4.92 Å². The number of hydrogen-bond acceptors (Lipinski definition) is 8. The summed E-state index contributed by atoms with van der Waals surface area (Å²) in [7, 11) is 0. The van der Waals surface area contributed by atoms with Crippen molar-refractivity contribution >= 4 is 23.5 Å². The fraction of sp³-hybridized carbons (Fsp3) is 0.444. The molecule has 2 N–H and O–H groups in total. The van der Waals surface area contributed by atoms with Crippen LogP contribution in [-0.2, 0) is 16.1 Å². The lowest BCUT2D eigenvalue weighted by atomic mass is 10.2. The van der Waals surface area contributed by atoms with Gasteiger partial charge in [-0.2, -0.15) is 15.0 Å². The number of anilines is 2. The molecule has 1 aromatic heterocycles. The molecule has 150 valence electrons. The number of hydrogen-bond donors (Lipinski definition) is 2. The second kappa shape index (κ2) is 10.3. The van der Waals surface area contributed by atoms with Crippen molar-refractivity contribution in [2.45, 2.75) is 46.3 Å². The van der Waals surface area contributed by atoms with Crippen LogP contribution < -0.4 is 10.6 Å². The molecule has 0 spiro atoms. The van der Waals surface area contributed by atoms with E-state index in [-0.39, 0.29) is 23.6 Å². The molecular weight excluding hydrogens is 364 g/mol. The molecular formula is C18H24N6O4. The largest absolute Gasteiger partial charge is 0.375 e. The van der Waals surface area contributed by atoms with Crippen LogP contribution in [0.5, 0.6) is 0 Å². The van der Waals surface area contributed by atoms with Gasteiger partial charge in [-0.05, 0) is 31.0 Å². The molecule has 0 saturated heterocycles. The highest BCUT2D eigenvalue weighted by Gasteiger charge is 2.12. The van der Waals surface area contributed by atoms with E-state index in [1.54, 1.807) is 26.0 Å². The first-order chi connectivity index (χ1) is 13.4. The number of rotatable bonds is 10. The number of nitro groups is 1. The molecule has 10 nitrogen and oxygen atoms in total. The van der Waals surface area contributed by atoms with Gasteiger partial charge in [0.2, 0.25) is 17.8 Å². The fourth-order valence-corrected chi connectivity index (χ4v) is 2.29. The van der Waals surface area contributed by atoms with Gasteiger partial charge in [0.25, 0.3) is 5.69 Å². The molecule has 0 aliphatic heterocycles. The fourth-order valence-electron chi connectivity index (χ4n) is 2.29. The maximum absolute atomic E-state index is 11.5. The number of carbonyl (C=O) groups excluding carboxylic acids is 1. The number of nitro benzene ring substituents is 1. The average Bonchev–Trinajstić information content (AvgIpc) is 2.67. The van der Waals surface area contributed by atoms with Crippen LogP contribution in [0.25, 0.3) is 0 Å². The van der Waals surface area contributed by atoms with Gasteiger partial charge >= 0.3 is 0 Å². The Morgan fingerprint density at radius 1 is 1.18 bits per heavy atom. The molecule has 1 aromatic carbocycles. The minimum Gasteiger partial charge on any atom is -0.375 e. The zero-order valence-electron chi connectivity index (χ0n) is 16.1. The number of carbonyl (C=O) groups is 1. The summed E-state index contributed by atoms with van der Waals surface area (Å²) >= 11 is 0. The van der Waals surface area contributed by atoms with Gasteiger partial charge in [0.05, 0.1) is 24.2 Å². The molecule has 1 amide bonds. The lowest BCUT2D eigenvalue weighted by molar-refractivity contribution is -0.384. The van der Waals surface area contributed by atoms with E-state index in [1.165, 1.54) is 12.1 Å². The Hall–Kier alpha value is -3.14. The molecule has 28 heavy (non-hydrogen) atoms. The molecule has 0 bridgehead atoms. The number of nitrogens with zero attached hydrogens (tertiary/aromatic N) is 4. The van der Waals surface area contributed by atoms with E-state index in [9.17, 15) is 14.9 Å². The summed E-state index contributed by atoms with van der Waals surface area (Å²) < 4.78 is 5.71. The van der Waals surface area contributed by atoms with Crippen LogP contribution >= 0.6 is 0 Å². The first-order valence-electron chi connectivity index (χ1n) is 9.01. The third-order valence-corrected chi connectivity index (χ3v) is 3.88. The average molecular weight is 388 g/mol. The van der Waals surface area contributed by atoms with Crippen molar-refractivity contribution < 1.29 is 14.5 Å². The summed E-state index contributed by atoms with van der Waals surface area (Å²) in [5, 5.41) is 16.5. The van der Waals surface area contributed by atoms with Crippen LogP contribution in [0, 0.1) is 17.0 Å². The number of aryl methyl sites for hydroxylation is 1. The van der Waals surface area contributed by atoms with Crippen LogP contribution in [0.1, 0.15) is 38.1 Å². The summed E-state index contributed by atoms with van der Waals surface area (Å²) in [6.07, 6.45) is 1.10. The predicted octanol–water partition coefficient (Wildman–Crippen LogP) is 2.84. The smallest absolute Gasteiger partial charge is 0.269 e. The number of nitrogens with one attached hydrogen (secondary N) is 2. The number of benzene rings is 1. The molecule has 1 unspecified atom stereocenters. The normalized spacial score (nSPS) is 11.7. The van der Waals surface area contributed by atoms with Gasteiger partial charge in [-0.1, -0.05) is 13.8 Å². The monoisotopic (exact) mass is 388 g/mol. The summed E-state index contributed by atoms with van der Waals surface area (Å²) in [5.74, 6) is 0.897. The lowest BCUT2D eigenvalue weighted by Crippen LogP contribution is -2.26. The molecule has 10 heteroatoms. The summed E-state index contributed by atoms with van der Waals surface area (Å²) in [5.41, 5.74) is 0.897. The standard InChI is InChI=1S/C18H24N6O4/c1-4-14(11-28-10-13-6-8-15(9-7-13)24(26)27)21-17-19-12(3)20-18(23-17)22-16(25)5-2/h6-9,14H,4-5,10-11H2,1-3H3,(H2,19,20,21,22,23,25). The van der Waals surface area contributed by atoms with E-state index in [0.717, 1.165) is 12.0 Å². The van der Waals surface area contributed by atoms with Crippen molar-refractivity contribution in [2.75, 3.05) is 17.2 Å². The third kappa shape index (κ3) is 6.54. The predicted molar refractivity (Wildman–Crippen MR) is 104 cm³/mol. The molecule has 0 radical (unpaired) electrons. The first-order valence-corrected chi connectivity index (χ1v) is 9.01. The highest BCUT2D eigenvalue weighted by atomic mass is 16.6. The van der Waals surface area contributed by atoms with Gasteiger partial charge in [0, 0.05) is 18.6 Å². The van der Waals surface area contributed by atoms with Crippen molar-refractivity contribution in [3.63, 3.8) is 0 Å². The van der Waals surface area contributed by atoms with E-state index in [0.29, 0.717) is 31.4 Å². The quantitative estimate of drug-likeness (QED) is 0.469. The molecule has 2 aromatic rings. The van der Waals surface area contributed by atoms with Crippen LogP contribution in [-0.4, -0.2) is 38.4 Å². The van der Waals surface area contributed by atoms with Crippen molar-refractivity contribution in [1.82, 2.24) is 15.0 Å². The highest BCUT2D eigenvalue weighted by Crippen LogP contribution is 2.13. The zero-order valence-corrected chi connectivity index (χ0v) is 16.1. The first kappa shape index (κ1) is 21.2. The molecule has 2 rings (SSSR count). The second-order valence-corrected chi connectivity index (χ2v) is 6.12. The zero-order chi connectivity index (χ0) is 20.5. The number of amides is 1. The molecule has 1 atom stereocenters. The van der Waals surface area contributed by atoms with E-state index in [4.69, 9.17) is 4.74 Å². The van der Waals surface area contributed by atoms with E-state index in [1.807, 2.05) is 6.92 Å². The van der Waals surface area contributed by atoms with Gasteiger partial charge in [-0.3, -0.25) is 20.2 Å². The van der Waals surface area contributed by atoms with Gasteiger partial charge in [-0.15, -0.1) is 0 Å². The third-order valence-electron chi connectivity index (χ3n) is 3.88. The summed E-state index contributed by atoms with van der Waals surface area (Å²) in [6.45, 7) is 6.21. The van der Waals surface area contributed by atoms with Crippen LogP contribution in [0.4, 0.5) is 17.6 Å². The Morgan fingerprint density at radius 3 is 2.46 bits per heavy atom. The Labute approximate surface area is 162 Å². The minimum absolute atomic E-state index is 0.0467. The Kier molecular flexibility index (Phi) is 7.76. The van der Waals surface area contributed by atoms with Crippen molar-refractivity contribution in [1.29, 1.82) is 0 Å². The molecule has 0 fully saturated rings. The van der Waals surface area contributed by atoms with Crippen molar-refractivity contribution in [2.24, 2.45) is 0 Å². The Bertz CT molecular complexity index is 812. The molecule has 0 aliphatic carbocycles. The van der Waals surface area contributed by atoms with Crippen molar-refractivity contribution in [3.8, 4) is 0 Å². The Balaban J connectivity index is 1.91. The minimum atomic E-state index is -0.435. The van der Waals surface area contributed by atoms with E-state index in [2.05, 4.69) is 25.6 Å². The Morgan fingerprint density at radius 2 is 1.86 bits per heavy atom. The molecule has 0 saturated carbocycles.